The van der Waals surface area contributed by atoms with E-state index >= 15 is 0 Å². The van der Waals surface area contributed by atoms with Crippen LogP contribution in [0.2, 0.25) is 0 Å². The number of sulfonamides is 1. The number of carbonyl (C=O) groups is 1. The van der Waals surface area contributed by atoms with Crippen LogP contribution in [0.25, 0.3) is 0 Å². The van der Waals surface area contributed by atoms with Crippen molar-refractivity contribution in [1.29, 1.82) is 0 Å². The second-order valence-electron chi connectivity index (χ2n) is 5.68. The number of nitrogens with one attached hydrogen (secondary N) is 2. The number of benzene rings is 1. The van der Waals surface area contributed by atoms with E-state index in [1.165, 1.54) is 35.7 Å². The zero-order valence-corrected chi connectivity index (χ0v) is 16.3. The van der Waals surface area contributed by atoms with Gasteiger partial charge >= 0.3 is 0 Å². The minimum atomic E-state index is -3.89. The van der Waals surface area contributed by atoms with Gasteiger partial charge in [-0.25, -0.2) is 22.5 Å². The number of halogens is 1. The van der Waals surface area contributed by atoms with Crippen LogP contribution in [-0.4, -0.2) is 37.3 Å². The minimum absolute atomic E-state index is 0.134. The van der Waals surface area contributed by atoms with E-state index in [1.807, 2.05) is 0 Å². The lowest BCUT2D eigenvalue weighted by Gasteiger charge is -2.07. The normalized spacial score (nSPS) is 11.3. The quantitative estimate of drug-likeness (QED) is 0.408. The number of aromatic nitrogens is 2. The smallest absolute Gasteiger partial charge is 0.243 e. The molecule has 0 bridgehead atoms. The van der Waals surface area contributed by atoms with E-state index in [4.69, 9.17) is 0 Å². The van der Waals surface area contributed by atoms with Crippen molar-refractivity contribution in [2.45, 2.75) is 11.3 Å². The number of anilines is 1. The van der Waals surface area contributed by atoms with Crippen LogP contribution in [0.5, 0.6) is 0 Å². The van der Waals surface area contributed by atoms with Gasteiger partial charge in [0.1, 0.15) is 16.4 Å². The molecule has 3 rings (SSSR count). The Kier molecular flexibility index (Phi) is 6.45. The summed E-state index contributed by atoms with van der Waals surface area (Å²) in [4.78, 5) is 20.5. The molecule has 0 spiro atoms. The maximum absolute atomic E-state index is 13.6. The van der Waals surface area contributed by atoms with E-state index in [-0.39, 0.29) is 17.2 Å². The lowest BCUT2D eigenvalue weighted by molar-refractivity contribution is 0.103. The third-order valence-corrected chi connectivity index (χ3v) is 6.12. The van der Waals surface area contributed by atoms with Crippen LogP contribution in [0.3, 0.4) is 0 Å². The number of pyridine rings is 1. The number of ketones is 1. The minimum Gasteiger partial charge on any atom is -0.361 e. The summed E-state index contributed by atoms with van der Waals surface area (Å²) in [5.74, 6) is -0.996. The topological polar surface area (TPSA) is 101 Å². The molecule has 0 aliphatic rings. The molecule has 0 aliphatic carbocycles. The summed E-state index contributed by atoms with van der Waals surface area (Å²) in [5, 5.41) is 3.59. The molecule has 1 aromatic carbocycles. The number of thiazole rings is 1. The lowest BCUT2D eigenvalue weighted by atomic mass is 10.2. The van der Waals surface area contributed by atoms with Gasteiger partial charge in [-0.1, -0.05) is 29.5 Å². The summed E-state index contributed by atoms with van der Waals surface area (Å²) >= 11 is 1.20. The van der Waals surface area contributed by atoms with Crippen molar-refractivity contribution in [3.8, 4) is 0 Å². The molecule has 2 heterocycles. The zero-order chi connectivity index (χ0) is 20.0. The molecule has 3 aromatic rings. The second kappa shape index (κ2) is 9.00. The molecule has 0 saturated carbocycles. The van der Waals surface area contributed by atoms with Gasteiger partial charge < -0.3 is 5.32 Å². The van der Waals surface area contributed by atoms with Gasteiger partial charge in [0.05, 0.1) is 11.1 Å². The van der Waals surface area contributed by atoms with E-state index in [0.29, 0.717) is 28.7 Å². The summed E-state index contributed by atoms with van der Waals surface area (Å²) in [6.45, 7) is 0.569. The SMILES string of the molecule is O=C(c1ccccn1)c1cnc(NCCCNS(=O)(=O)c2ccccc2F)s1. The van der Waals surface area contributed by atoms with Gasteiger partial charge in [-0.05, 0) is 30.7 Å². The predicted molar refractivity (Wildman–Crippen MR) is 104 cm³/mol. The number of rotatable bonds is 9. The van der Waals surface area contributed by atoms with Gasteiger partial charge in [-0.2, -0.15) is 0 Å². The summed E-state index contributed by atoms with van der Waals surface area (Å²) in [7, 11) is -3.89. The molecule has 10 heteroatoms. The first kappa shape index (κ1) is 20.1. The predicted octanol–water partition coefficient (Wildman–Crippen LogP) is 2.69. The fraction of sp³-hybridized carbons (Fsp3) is 0.167. The summed E-state index contributed by atoms with van der Waals surface area (Å²) in [5.41, 5.74) is 0.347. The third kappa shape index (κ3) is 4.97. The Morgan fingerprint density at radius 3 is 2.61 bits per heavy atom. The first-order chi connectivity index (χ1) is 13.5. The Hall–Kier alpha value is -2.69. The molecule has 0 unspecified atom stereocenters. The van der Waals surface area contributed by atoms with Crippen molar-refractivity contribution in [3.05, 3.63) is 71.2 Å². The number of nitrogens with zero attached hydrogens (tertiary/aromatic N) is 2. The van der Waals surface area contributed by atoms with Crippen LogP contribution in [0.1, 0.15) is 21.8 Å². The average Bonchev–Trinajstić information content (AvgIpc) is 3.17. The second-order valence-corrected chi connectivity index (χ2v) is 8.45. The van der Waals surface area contributed by atoms with Crippen molar-refractivity contribution in [2.75, 3.05) is 18.4 Å². The van der Waals surface area contributed by atoms with Crippen LogP contribution in [-0.2, 0) is 10.0 Å². The lowest BCUT2D eigenvalue weighted by Crippen LogP contribution is -2.26. The van der Waals surface area contributed by atoms with Crippen LogP contribution in [0, 0.1) is 5.82 Å². The van der Waals surface area contributed by atoms with Crippen LogP contribution >= 0.6 is 11.3 Å². The molecule has 146 valence electrons. The molecule has 2 N–H and O–H groups in total. The van der Waals surface area contributed by atoms with E-state index in [9.17, 15) is 17.6 Å². The van der Waals surface area contributed by atoms with Gasteiger partial charge in [0, 0.05) is 19.3 Å². The third-order valence-electron chi connectivity index (χ3n) is 3.68. The highest BCUT2D eigenvalue weighted by Crippen LogP contribution is 2.20. The first-order valence-corrected chi connectivity index (χ1v) is 10.7. The number of hydrogen-bond acceptors (Lipinski definition) is 7. The fourth-order valence-corrected chi connectivity index (χ4v) is 4.26. The molecular weight excluding hydrogens is 403 g/mol. The molecular formula is C18H17FN4O3S2. The molecule has 2 aromatic heterocycles. The maximum atomic E-state index is 13.6. The van der Waals surface area contributed by atoms with Gasteiger partial charge in [0.15, 0.2) is 5.13 Å². The standard InChI is InChI=1S/C18H17FN4O3S2/c19-13-6-1-2-8-16(13)28(25,26)23-11-5-10-21-18-22-12-15(27-18)17(24)14-7-3-4-9-20-14/h1-4,6-9,12,23H,5,10-11H2,(H,21,22). The van der Waals surface area contributed by atoms with Crippen molar-refractivity contribution in [1.82, 2.24) is 14.7 Å². The molecule has 7 nitrogen and oxygen atoms in total. The van der Waals surface area contributed by atoms with E-state index in [2.05, 4.69) is 20.0 Å². The molecule has 0 radical (unpaired) electrons. The van der Waals surface area contributed by atoms with Gasteiger partial charge in [0.2, 0.25) is 15.8 Å². The Morgan fingerprint density at radius 2 is 1.86 bits per heavy atom. The summed E-state index contributed by atoms with van der Waals surface area (Å²) in [6, 6.07) is 10.3. The van der Waals surface area contributed by atoms with Crippen LogP contribution < -0.4 is 10.0 Å². The van der Waals surface area contributed by atoms with Crippen molar-refractivity contribution in [3.63, 3.8) is 0 Å². The zero-order valence-electron chi connectivity index (χ0n) is 14.6. The number of hydrogen-bond donors (Lipinski definition) is 2. The number of carbonyl (C=O) groups excluding carboxylic acids is 1. The molecule has 0 atom stereocenters. The van der Waals surface area contributed by atoms with Gasteiger partial charge in [0.25, 0.3) is 0 Å². The van der Waals surface area contributed by atoms with Gasteiger partial charge in [-0.3, -0.25) is 9.78 Å². The van der Waals surface area contributed by atoms with Gasteiger partial charge in [-0.15, -0.1) is 0 Å². The molecule has 0 aliphatic heterocycles. The first-order valence-electron chi connectivity index (χ1n) is 8.37. The molecule has 0 fully saturated rings. The summed E-state index contributed by atoms with van der Waals surface area (Å²) in [6.07, 6.45) is 3.48. The Bertz CT molecular complexity index is 1060. The van der Waals surface area contributed by atoms with Crippen molar-refractivity contribution in [2.24, 2.45) is 0 Å². The highest BCUT2D eigenvalue weighted by Gasteiger charge is 2.17. The van der Waals surface area contributed by atoms with Crippen LogP contribution in [0.15, 0.2) is 59.8 Å². The maximum Gasteiger partial charge on any atom is 0.243 e. The van der Waals surface area contributed by atoms with Crippen LogP contribution in [0.4, 0.5) is 9.52 Å². The Balaban J connectivity index is 1.47. The van der Waals surface area contributed by atoms with E-state index in [1.54, 1.807) is 24.4 Å². The van der Waals surface area contributed by atoms with Crippen molar-refractivity contribution >= 4 is 32.3 Å². The fourth-order valence-electron chi connectivity index (χ4n) is 2.31. The Labute approximate surface area is 165 Å². The Morgan fingerprint density at radius 1 is 1.07 bits per heavy atom. The largest absolute Gasteiger partial charge is 0.361 e. The monoisotopic (exact) mass is 420 g/mol. The van der Waals surface area contributed by atoms with Crippen molar-refractivity contribution < 1.29 is 17.6 Å². The molecule has 0 amide bonds. The van der Waals surface area contributed by atoms with E-state index in [0.717, 1.165) is 6.07 Å². The van der Waals surface area contributed by atoms with E-state index < -0.39 is 15.8 Å². The highest BCUT2D eigenvalue weighted by molar-refractivity contribution is 7.89. The average molecular weight is 420 g/mol. The highest BCUT2D eigenvalue weighted by atomic mass is 32.2. The molecule has 0 saturated heterocycles. The summed E-state index contributed by atoms with van der Waals surface area (Å²) < 4.78 is 40.1. The molecule has 28 heavy (non-hydrogen) atoms.